The first-order chi connectivity index (χ1) is 13.4. The Bertz CT molecular complexity index is 931. The molecule has 0 radical (unpaired) electrons. The summed E-state index contributed by atoms with van der Waals surface area (Å²) in [4.78, 5) is 17.5. The van der Waals surface area contributed by atoms with Crippen molar-refractivity contribution >= 4 is 5.91 Å². The number of nitrogens with zero attached hydrogens (tertiary/aromatic N) is 3. The molecular formula is C22H21F2N3O. The lowest BCUT2D eigenvalue weighted by atomic mass is 9.78. The number of piperazine rings is 1. The molecule has 1 aliphatic heterocycles. The van der Waals surface area contributed by atoms with Crippen molar-refractivity contribution in [3.8, 4) is 0 Å². The van der Waals surface area contributed by atoms with E-state index >= 15 is 0 Å². The molecule has 1 amide bonds. The molecule has 2 aromatic carbocycles. The Kier molecular flexibility index (Phi) is 4.54. The average Bonchev–Trinajstić information content (AvgIpc) is 2.85. The summed E-state index contributed by atoms with van der Waals surface area (Å²) in [7, 11) is 1.72. The maximum absolute atomic E-state index is 14.7. The Labute approximate surface area is 163 Å². The molecule has 0 saturated carbocycles. The highest BCUT2D eigenvalue weighted by molar-refractivity contribution is 5.79. The van der Waals surface area contributed by atoms with Crippen molar-refractivity contribution in [3.05, 3.63) is 81.8 Å². The van der Waals surface area contributed by atoms with Crippen LogP contribution in [-0.2, 0) is 17.6 Å². The van der Waals surface area contributed by atoms with E-state index in [0.717, 1.165) is 11.1 Å². The van der Waals surface area contributed by atoms with Crippen LogP contribution in [0.2, 0.25) is 0 Å². The molecule has 2 aliphatic rings. The summed E-state index contributed by atoms with van der Waals surface area (Å²) in [5.74, 6) is -1.15. The van der Waals surface area contributed by atoms with E-state index in [4.69, 9.17) is 6.57 Å². The first kappa shape index (κ1) is 18.4. The number of carbonyl (C=O) groups excluding carboxylic acids is 1. The summed E-state index contributed by atoms with van der Waals surface area (Å²) in [6, 6.07) is 9.23. The summed E-state index contributed by atoms with van der Waals surface area (Å²) in [6.07, 6.45) is 0.806. The lowest BCUT2D eigenvalue weighted by Gasteiger charge is -2.42. The van der Waals surface area contributed by atoms with Gasteiger partial charge in [0.25, 0.3) is 0 Å². The fourth-order valence-electron chi connectivity index (χ4n) is 4.66. The fraction of sp³-hybridized carbons (Fsp3) is 0.364. The number of hydrogen-bond acceptors (Lipinski definition) is 2. The van der Waals surface area contributed by atoms with E-state index in [-0.39, 0.29) is 30.1 Å². The molecular weight excluding hydrogens is 360 g/mol. The molecule has 1 saturated heterocycles. The van der Waals surface area contributed by atoms with Gasteiger partial charge in [-0.2, -0.15) is 11.5 Å². The molecule has 0 spiro atoms. The van der Waals surface area contributed by atoms with E-state index in [9.17, 15) is 13.6 Å². The molecule has 1 heterocycles. The van der Waals surface area contributed by atoms with E-state index in [0.29, 0.717) is 24.0 Å². The van der Waals surface area contributed by atoms with Gasteiger partial charge in [0.1, 0.15) is 17.7 Å². The van der Waals surface area contributed by atoms with Gasteiger partial charge in [0.15, 0.2) is 6.54 Å². The van der Waals surface area contributed by atoms with Crippen LogP contribution in [0.4, 0.5) is 8.78 Å². The lowest BCUT2D eigenvalue weighted by Crippen LogP contribution is -2.59. The van der Waals surface area contributed by atoms with Crippen LogP contribution in [0.5, 0.6) is 0 Å². The van der Waals surface area contributed by atoms with Crippen molar-refractivity contribution in [1.82, 2.24) is 9.91 Å². The highest BCUT2D eigenvalue weighted by atomic mass is 19.1. The van der Waals surface area contributed by atoms with Crippen molar-refractivity contribution in [3.63, 3.8) is 0 Å². The number of hydrogen-bond donors (Lipinski definition) is 0. The third kappa shape index (κ3) is 2.73. The Morgan fingerprint density at radius 2 is 1.57 bits per heavy atom. The number of likely N-dealkylation sites (N-methyl/N-ethyl adjacent to an activating group) is 1. The second-order valence-electron chi connectivity index (χ2n) is 7.53. The Balaban J connectivity index is 1.97. The van der Waals surface area contributed by atoms with Crippen LogP contribution in [0.15, 0.2) is 36.4 Å². The molecule has 4 nitrogen and oxygen atoms in total. The molecule has 2 atom stereocenters. The van der Waals surface area contributed by atoms with Crippen molar-refractivity contribution in [1.29, 1.82) is 0 Å². The van der Waals surface area contributed by atoms with Crippen molar-refractivity contribution < 1.29 is 13.6 Å². The largest absolute Gasteiger partial charge is 0.339 e. The first-order valence-electron chi connectivity index (χ1n) is 9.38. The predicted molar refractivity (Wildman–Crippen MR) is 101 cm³/mol. The van der Waals surface area contributed by atoms with Gasteiger partial charge in [-0.15, -0.1) is 0 Å². The molecule has 4 rings (SSSR count). The van der Waals surface area contributed by atoms with Crippen molar-refractivity contribution in [2.75, 3.05) is 13.6 Å². The topological polar surface area (TPSA) is 27.9 Å². The normalized spacial score (nSPS) is 22.3. The van der Waals surface area contributed by atoms with E-state index in [1.54, 1.807) is 24.1 Å². The van der Waals surface area contributed by atoms with Gasteiger partial charge in [-0.1, -0.05) is 29.3 Å². The second-order valence-corrected chi connectivity index (χ2v) is 7.53. The maximum Gasteiger partial charge on any atom is 0.248 e. The van der Waals surface area contributed by atoms with E-state index in [1.165, 1.54) is 17.1 Å². The predicted octanol–water partition coefficient (Wildman–Crippen LogP) is 3.56. The van der Waals surface area contributed by atoms with Crippen LogP contribution in [0.25, 0.3) is 4.95 Å². The van der Waals surface area contributed by atoms with Crippen LogP contribution >= 0.6 is 0 Å². The van der Waals surface area contributed by atoms with Gasteiger partial charge >= 0.3 is 0 Å². The van der Waals surface area contributed by atoms with Crippen LogP contribution < -0.4 is 0 Å². The molecule has 0 unspecified atom stereocenters. The fourth-order valence-corrected chi connectivity index (χ4v) is 4.66. The SMILES string of the molecule is [C-]#[N+]N1CC(=O)N(C)[C@@H](C)[C@@H]1C1c2cccc(F)c2CCc2c(F)cccc21. The standard InChI is InChI=1S/C22H21F2N3O/c1-13-22(27(25-2)12-20(28)26(13)3)21-16-6-4-8-18(23)14(16)10-11-15-17(21)7-5-9-19(15)24/h4-9,13,21-22H,10-12H2,1,3H3/t13-,22+/m0/s1. The second kappa shape index (κ2) is 6.90. The number of carbonyl (C=O) groups is 1. The molecule has 1 fully saturated rings. The summed E-state index contributed by atoms with van der Waals surface area (Å²) in [6.45, 7) is 9.50. The van der Waals surface area contributed by atoms with Crippen molar-refractivity contribution in [2.24, 2.45) is 0 Å². The zero-order valence-corrected chi connectivity index (χ0v) is 15.8. The molecule has 28 heavy (non-hydrogen) atoms. The summed E-state index contributed by atoms with van der Waals surface area (Å²) in [5, 5.41) is 1.45. The molecule has 6 heteroatoms. The lowest BCUT2D eigenvalue weighted by molar-refractivity contribution is -0.139. The van der Waals surface area contributed by atoms with Gasteiger partial charge in [0.05, 0.1) is 6.04 Å². The number of fused-ring (bicyclic) bond motifs is 2. The summed E-state index contributed by atoms with van der Waals surface area (Å²) in [5.41, 5.74) is 2.69. The quantitative estimate of drug-likeness (QED) is 0.707. The monoisotopic (exact) mass is 381 g/mol. The van der Waals surface area contributed by atoms with Crippen LogP contribution in [0, 0.1) is 18.2 Å². The van der Waals surface area contributed by atoms with Gasteiger partial charge in [0.2, 0.25) is 5.91 Å². The molecule has 0 N–H and O–H groups in total. The van der Waals surface area contributed by atoms with Gasteiger partial charge in [-0.05, 0) is 54.2 Å². The molecule has 2 aromatic rings. The summed E-state index contributed by atoms with van der Waals surface area (Å²) >= 11 is 0. The zero-order valence-electron chi connectivity index (χ0n) is 15.8. The Morgan fingerprint density at radius 3 is 2.07 bits per heavy atom. The molecule has 0 aromatic heterocycles. The van der Waals surface area contributed by atoms with Crippen LogP contribution in [0.3, 0.4) is 0 Å². The van der Waals surface area contributed by atoms with Gasteiger partial charge < -0.3 is 4.90 Å². The number of benzene rings is 2. The Hall–Kier alpha value is -2.94. The van der Waals surface area contributed by atoms with Gasteiger partial charge in [-0.3, -0.25) is 4.79 Å². The van der Waals surface area contributed by atoms with Gasteiger partial charge in [-0.25, -0.2) is 8.78 Å². The molecule has 144 valence electrons. The zero-order chi connectivity index (χ0) is 20.0. The average molecular weight is 381 g/mol. The van der Waals surface area contributed by atoms with E-state index in [2.05, 4.69) is 4.95 Å². The first-order valence-corrected chi connectivity index (χ1v) is 9.38. The number of rotatable bonds is 1. The van der Waals surface area contributed by atoms with Crippen LogP contribution in [0.1, 0.15) is 35.1 Å². The van der Waals surface area contributed by atoms with E-state index in [1.807, 2.05) is 19.1 Å². The third-order valence-electron chi connectivity index (χ3n) is 6.22. The highest BCUT2D eigenvalue weighted by Crippen LogP contribution is 2.42. The van der Waals surface area contributed by atoms with Crippen LogP contribution in [-0.4, -0.2) is 41.5 Å². The van der Waals surface area contributed by atoms with Gasteiger partial charge in [0, 0.05) is 13.0 Å². The van der Waals surface area contributed by atoms with Crippen molar-refractivity contribution in [2.45, 2.75) is 37.8 Å². The third-order valence-corrected chi connectivity index (χ3v) is 6.22. The highest BCUT2D eigenvalue weighted by Gasteiger charge is 2.47. The van der Waals surface area contributed by atoms with E-state index < -0.39 is 12.0 Å². The maximum atomic E-state index is 14.7. The number of halogens is 2. The Morgan fingerprint density at radius 1 is 1.04 bits per heavy atom. The smallest absolute Gasteiger partial charge is 0.248 e. The minimum Gasteiger partial charge on any atom is -0.339 e. The summed E-state index contributed by atoms with van der Waals surface area (Å²) < 4.78 is 29.4. The number of amides is 1. The minimum absolute atomic E-state index is 0.0270. The molecule has 0 bridgehead atoms. The minimum atomic E-state index is -0.404. The molecule has 1 aliphatic carbocycles.